The molecular weight excluding hydrogens is 296 g/mol. The zero-order valence-corrected chi connectivity index (χ0v) is 10.8. The molecule has 0 amide bonds. The molecule has 0 bridgehead atoms. The molecule has 84 valence electrons. The number of halogens is 3. The topological polar surface area (TPSA) is 30.7 Å². The fraction of sp³-hybridized carbons (Fsp3) is 0.200. The maximum absolute atomic E-state index is 13.6. The lowest BCUT2D eigenvalue weighted by Gasteiger charge is -2.04. The van der Waals surface area contributed by atoms with Crippen LogP contribution in [-0.2, 0) is 12.9 Å². The van der Waals surface area contributed by atoms with Crippen LogP contribution >= 0.6 is 27.5 Å². The van der Waals surface area contributed by atoms with Gasteiger partial charge in [0.15, 0.2) is 5.82 Å². The van der Waals surface area contributed by atoms with Gasteiger partial charge in [-0.3, -0.25) is 0 Å². The van der Waals surface area contributed by atoms with Gasteiger partial charge in [-0.25, -0.2) is 4.39 Å². The van der Waals surface area contributed by atoms with Crippen molar-refractivity contribution < 1.29 is 4.39 Å². The third-order valence-electron chi connectivity index (χ3n) is 2.25. The van der Waals surface area contributed by atoms with Crippen molar-refractivity contribution in [3.63, 3.8) is 0 Å². The summed E-state index contributed by atoms with van der Waals surface area (Å²) in [5.41, 5.74) is 0.403. The van der Waals surface area contributed by atoms with E-state index < -0.39 is 0 Å². The van der Waals surface area contributed by atoms with E-state index in [4.69, 9.17) is 11.6 Å². The van der Waals surface area contributed by atoms with Gasteiger partial charge < -0.3 is 4.57 Å². The maximum atomic E-state index is 13.6. The molecule has 0 spiro atoms. The van der Waals surface area contributed by atoms with E-state index in [2.05, 4.69) is 26.1 Å². The van der Waals surface area contributed by atoms with E-state index in [1.165, 1.54) is 6.07 Å². The standard InChI is InChI=1S/C10H8BrClFN3/c1-16-9(5-12)14-15-10(16)7-4-6(11)2-3-8(7)13/h2-4H,5H2,1H3. The Morgan fingerprint density at radius 1 is 1.44 bits per heavy atom. The van der Waals surface area contributed by atoms with Crippen LogP contribution in [0.5, 0.6) is 0 Å². The summed E-state index contributed by atoms with van der Waals surface area (Å²) in [6.45, 7) is 0. The van der Waals surface area contributed by atoms with Gasteiger partial charge in [-0.05, 0) is 18.2 Å². The first-order chi connectivity index (χ1) is 7.63. The summed E-state index contributed by atoms with van der Waals surface area (Å²) in [5.74, 6) is 0.990. The van der Waals surface area contributed by atoms with E-state index in [0.29, 0.717) is 17.2 Å². The van der Waals surface area contributed by atoms with Crippen molar-refractivity contribution in [2.24, 2.45) is 7.05 Å². The van der Waals surface area contributed by atoms with Crippen LogP contribution in [0.1, 0.15) is 5.82 Å². The van der Waals surface area contributed by atoms with Crippen molar-refractivity contribution in [2.75, 3.05) is 0 Å². The van der Waals surface area contributed by atoms with E-state index >= 15 is 0 Å². The molecule has 0 aliphatic carbocycles. The number of nitrogens with zero attached hydrogens (tertiary/aromatic N) is 3. The second kappa shape index (κ2) is 4.51. The van der Waals surface area contributed by atoms with Crippen LogP contribution in [0.15, 0.2) is 22.7 Å². The minimum absolute atomic E-state index is 0.249. The molecule has 3 nitrogen and oxygen atoms in total. The second-order valence-corrected chi connectivity index (χ2v) is 4.44. The molecule has 2 rings (SSSR count). The van der Waals surface area contributed by atoms with E-state index in [1.807, 2.05) is 0 Å². The highest BCUT2D eigenvalue weighted by Crippen LogP contribution is 2.25. The lowest BCUT2D eigenvalue weighted by Crippen LogP contribution is -1.98. The monoisotopic (exact) mass is 303 g/mol. The van der Waals surface area contributed by atoms with Crippen molar-refractivity contribution in [2.45, 2.75) is 5.88 Å². The van der Waals surface area contributed by atoms with E-state index in [-0.39, 0.29) is 11.7 Å². The summed E-state index contributed by atoms with van der Waals surface area (Å²) in [7, 11) is 1.76. The van der Waals surface area contributed by atoms with Crippen molar-refractivity contribution in [3.05, 3.63) is 34.3 Å². The molecular formula is C10H8BrClFN3. The summed E-state index contributed by atoms with van der Waals surface area (Å²) >= 11 is 8.97. The van der Waals surface area contributed by atoms with Crippen LogP contribution in [0, 0.1) is 5.82 Å². The highest BCUT2D eigenvalue weighted by molar-refractivity contribution is 9.10. The average molecular weight is 305 g/mol. The van der Waals surface area contributed by atoms with Crippen LogP contribution in [0.4, 0.5) is 4.39 Å². The highest BCUT2D eigenvalue weighted by Gasteiger charge is 2.14. The normalized spacial score (nSPS) is 10.8. The molecule has 1 aromatic heterocycles. The Balaban J connectivity index is 2.58. The number of benzene rings is 1. The first kappa shape index (κ1) is 11.5. The molecule has 0 N–H and O–H groups in total. The Bertz CT molecular complexity index is 527. The zero-order chi connectivity index (χ0) is 11.7. The lowest BCUT2D eigenvalue weighted by atomic mass is 10.2. The molecule has 0 saturated carbocycles. The SMILES string of the molecule is Cn1c(CCl)nnc1-c1cc(Br)ccc1F. The Morgan fingerprint density at radius 3 is 2.81 bits per heavy atom. The predicted molar refractivity (Wildman–Crippen MR) is 63.7 cm³/mol. The first-order valence-electron chi connectivity index (χ1n) is 4.53. The third kappa shape index (κ3) is 1.97. The summed E-state index contributed by atoms with van der Waals surface area (Å²) in [4.78, 5) is 0. The van der Waals surface area contributed by atoms with E-state index in [0.717, 1.165) is 4.47 Å². The van der Waals surface area contributed by atoms with Crippen molar-refractivity contribution in [1.82, 2.24) is 14.8 Å². The van der Waals surface area contributed by atoms with Gasteiger partial charge in [0.2, 0.25) is 0 Å². The van der Waals surface area contributed by atoms with Crippen LogP contribution in [-0.4, -0.2) is 14.8 Å². The first-order valence-corrected chi connectivity index (χ1v) is 5.86. The van der Waals surface area contributed by atoms with Gasteiger partial charge in [0.25, 0.3) is 0 Å². The van der Waals surface area contributed by atoms with Gasteiger partial charge >= 0.3 is 0 Å². The molecule has 0 fully saturated rings. The molecule has 1 aromatic carbocycles. The number of aromatic nitrogens is 3. The molecule has 16 heavy (non-hydrogen) atoms. The summed E-state index contributed by atoms with van der Waals surface area (Å²) < 4.78 is 16.1. The van der Waals surface area contributed by atoms with Crippen LogP contribution in [0.25, 0.3) is 11.4 Å². The quantitative estimate of drug-likeness (QED) is 0.798. The molecule has 2 aromatic rings. The van der Waals surface area contributed by atoms with Gasteiger partial charge in [-0.2, -0.15) is 0 Å². The molecule has 6 heteroatoms. The number of rotatable bonds is 2. The molecule has 0 radical (unpaired) electrons. The lowest BCUT2D eigenvalue weighted by molar-refractivity contribution is 0.628. The van der Waals surface area contributed by atoms with Gasteiger partial charge in [0.1, 0.15) is 11.6 Å². The van der Waals surface area contributed by atoms with Gasteiger partial charge in [-0.1, -0.05) is 15.9 Å². The average Bonchev–Trinajstić information content (AvgIpc) is 2.63. The maximum Gasteiger partial charge on any atom is 0.166 e. The minimum atomic E-state index is -0.333. The number of alkyl halides is 1. The van der Waals surface area contributed by atoms with Crippen molar-refractivity contribution in [1.29, 1.82) is 0 Å². The predicted octanol–water partition coefficient (Wildman–Crippen LogP) is 3.12. The highest BCUT2D eigenvalue weighted by atomic mass is 79.9. The molecule has 1 heterocycles. The molecule has 0 aliphatic heterocycles. The Morgan fingerprint density at radius 2 is 2.19 bits per heavy atom. The third-order valence-corrected chi connectivity index (χ3v) is 2.99. The van der Waals surface area contributed by atoms with Gasteiger partial charge in [0, 0.05) is 11.5 Å². The van der Waals surface area contributed by atoms with Gasteiger partial charge in [0.05, 0.1) is 11.4 Å². The van der Waals surface area contributed by atoms with Crippen molar-refractivity contribution >= 4 is 27.5 Å². The Hall–Kier alpha value is -0.940. The van der Waals surface area contributed by atoms with E-state index in [1.54, 1.807) is 23.7 Å². The summed E-state index contributed by atoms with van der Waals surface area (Å²) in [5, 5.41) is 7.81. The summed E-state index contributed by atoms with van der Waals surface area (Å²) in [6, 6.07) is 4.68. The number of hydrogen-bond donors (Lipinski definition) is 0. The Kier molecular flexibility index (Phi) is 3.25. The van der Waals surface area contributed by atoms with Crippen LogP contribution in [0.3, 0.4) is 0 Å². The molecule has 0 atom stereocenters. The van der Waals surface area contributed by atoms with Crippen molar-refractivity contribution in [3.8, 4) is 11.4 Å². The molecule has 0 unspecified atom stereocenters. The largest absolute Gasteiger partial charge is 0.313 e. The Labute approximate surface area is 105 Å². The zero-order valence-electron chi connectivity index (χ0n) is 8.41. The second-order valence-electron chi connectivity index (χ2n) is 3.26. The van der Waals surface area contributed by atoms with Crippen LogP contribution in [0.2, 0.25) is 0 Å². The fourth-order valence-corrected chi connectivity index (χ4v) is 1.98. The fourth-order valence-electron chi connectivity index (χ4n) is 1.38. The van der Waals surface area contributed by atoms with Crippen LogP contribution < -0.4 is 0 Å². The van der Waals surface area contributed by atoms with E-state index in [9.17, 15) is 4.39 Å². The van der Waals surface area contributed by atoms with Gasteiger partial charge in [-0.15, -0.1) is 21.8 Å². The number of hydrogen-bond acceptors (Lipinski definition) is 2. The molecule has 0 saturated heterocycles. The molecule has 0 aliphatic rings. The smallest absolute Gasteiger partial charge is 0.166 e. The summed E-state index contributed by atoms with van der Waals surface area (Å²) in [6.07, 6.45) is 0. The minimum Gasteiger partial charge on any atom is -0.313 e.